The Morgan fingerprint density at radius 2 is 2.33 bits per heavy atom. The van der Waals surface area contributed by atoms with E-state index in [-0.39, 0.29) is 5.91 Å². The van der Waals surface area contributed by atoms with Crippen LogP contribution in [0.3, 0.4) is 0 Å². The zero-order valence-corrected chi connectivity index (χ0v) is 12.1. The molecule has 0 aromatic heterocycles. The minimum absolute atomic E-state index is 0.212. The lowest BCUT2D eigenvalue weighted by Crippen LogP contribution is -2.34. The van der Waals surface area contributed by atoms with Crippen molar-refractivity contribution in [1.82, 2.24) is 5.32 Å². The summed E-state index contributed by atoms with van der Waals surface area (Å²) in [5, 5.41) is 6.68. The molecule has 1 aliphatic heterocycles. The third-order valence-corrected chi connectivity index (χ3v) is 3.10. The predicted octanol–water partition coefficient (Wildman–Crippen LogP) is 1.50. The number of nitrogens with zero attached hydrogens (tertiary/aromatic N) is 1. The molecule has 0 unspecified atom stereocenters. The zero-order valence-electron chi connectivity index (χ0n) is 12.1. The van der Waals surface area contributed by atoms with Crippen molar-refractivity contribution >= 4 is 11.6 Å². The smallest absolute Gasteiger partial charge is 0.264 e. The van der Waals surface area contributed by atoms with Gasteiger partial charge in [0.25, 0.3) is 5.91 Å². The second-order valence-electron chi connectivity index (χ2n) is 4.44. The van der Waals surface area contributed by atoms with E-state index in [2.05, 4.69) is 17.1 Å². The fourth-order valence-electron chi connectivity index (χ4n) is 2.00. The zero-order chi connectivity index (χ0) is 15.2. The lowest BCUT2D eigenvalue weighted by Gasteiger charge is -2.10. The van der Waals surface area contributed by atoms with Crippen molar-refractivity contribution < 1.29 is 19.1 Å². The van der Waals surface area contributed by atoms with E-state index in [9.17, 15) is 4.79 Å². The maximum atomic E-state index is 11.8. The molecule has 21 heavy (non-hydrogen) atoms. The number of ether oxygens (including phenoxy) is 2. The number of methoxy groups -OCH3 is 2. The summed E-state index contributed by atoms with van der Waals surface area (Å²) in [6.45, 7) is 3.95. The number of nitrogens with one attached hydrogen (secondary N) is 1. The van der Waals surface area contributed by atoms with Gasteiger partial charge >= 0.3 is 0 Å². The van der Waals surface area contributed by atoms with E-state index >= 15 is 0 Å². The molecule has 2 rings (SSSR count). The summed E-state index contributed by atoms with van der Waals surface area (Å²) in [7, 11) is 3.17. The Balaban J connectivity index is 2.13. The molecule has 0 saturated heterocycles. The number of rotatable bonds is 6. The molecule has 1 aromatic rings. The highest BCUT2D eigenvalue weighted by molar-refractivity contribution is 6.06. The maximum absolute atomic E-state index is 11.8. The first-order valence-corrected chi connectivity index (χ1v) is 6.53. The van der Waals surface area contributed by atoms with Gasteiger partial charge in [-0.15, -0.1) is 6.58 Å². The summed E-state index contributed by atoms with van der Waals surface area (Å²) < 4.78 is 10.5. The third kappa shape index (κ3) is 3.34. The van der Waals surface area contributed by atoms with Crippen molar-refractivity contribution in [2.75, 3.05) is 20.8 Å². The molecular weight excluding hydrogens is 272 g/mol. The van der Waals surface area contributed by atoms with E-state index < -0.39 is 6.10 Å². The number of carbonyl (C=O) groups is 1. The highest BCUT2D eigenvalue weighted by atomic mass is 16.6. The van der Waals surface area contributed by atoms with Crippen molar-refractivity contribution in [2.24, 2.45) is 5.16 Å². The molecule has 112 valence electrons. The SMILES string of the molecule is C=CCNC(=O)[C@@H]1CC(c2cc(OC)ccc2OC)=NO1. The standard InChI is InChI=1S/C15H18N2O4/c1-4-7-16-15(18)14-9-12(17-21-14)11-8-10(19-2)5-6-13(11)20-3/h4-6,8,14H,1,7,9H2,2-3H3,(H,16,18)/t14-/m0/s1. The van der Waals surface area contributed by atoms with E-state index in [1.807, 2.05) is 6.07 Å². The molecule has 0 radical (unpaired) electrons. The average Bonchev–Trinajstić information content (AvgIpc) is 3.01. The summed E-state index contributed by atoms with van der Waals surface area (Å²) in [5.74, 6) is 1.13. The number of hydrogen-bond donors (Lipinski definition) is 1. The van der Waals surface area contributed by atoms with Crippen LogP contribution in [0.4, 0.5) is 0 Å². The quantitative estimate of drug-likeness (QED) is 0.806. The summed E-state index contributed by atoms with van der Waals surface area (Å²) in [6.07, 6.45) is 1.36. The Labute approximate surface area is 123 Å². The minimum atomic E-state index is -0.629. The number of hydrogen-bond acceptors (Lipinski definition) is 5. The highest BCUT2D eigenvalue weighted by Gasteiger charge is 2.30. The van der Waals surface area contributed by atoms with Crippen LogP contribution in [0.1, 0.15) is 12.0 Å². The second kappa shape index (κ2) is 6.78. The van der Waals surface area contributed by atoms with Gasteiger partial charge in [0.15, 0.2) is 0 Å². The van der Waals surface area contributed by atoms with Gasteiger partial charge < -0.3 is 19.6 Å². The molecule has 6 nitrogen and oxygen atoms in total. The van der Waals surface area contributed by atoms with E-state index in [0.717, 1.165) is 5.56 Å². The summed E-state index contributed by atoms with van der Waals surface area (Å²) in [6, 6.07) is 5.40. The minimum Gasteiger partial charge on any atom is -0.497 e. The van der Waals surface area contributed by atoms with Crippen molar-refractivity contribution in [1.29, 1.82) is 0 Å². The van der Waals surface area contributed by atoms with Gasteiger partial charge in [-0.25, -0.2) is 0 Å². The predicted molar refractivity (Wildman–Crippen MR) is 78.8 cm³/mol. The van der Waals surface area contributed by atoms with Crippen LogP contribution >= 0.6 is 0 Å². The molecule has 1 aliphatic rings. The monoisotopic (exact) mass is 290 g/mol. The van der Waals surface area contributed by atoms with Gasteiger partial charge in [0.1, 0.15) is 11.5 Å². The van der Waals surface area contributed by atoms with Crippen LogP contribution in [0, 0.1) is 0 Å². The fourth-order valence-corrected chi connectivity index (χ4v) is 2.00. The van der Waals surface area contributed by atoms with Crippen LogP contribution in [-0.4, -0.2) is 38.5 Å². The van der Waals surface area contributed by atoms with E-state index in [0.29, 0.717) is 30.2 Å². The molecular formula is C15H18N2O4. The number of benzene rings is 1. The van der Waals surface area contributed by atoms with Gasteiger partial charge in [-0.05, 0) is 18.2 Å². The number of carbonyl (C=O) groups excluding carboxylic acids is 1. The molecule has 6 heteroatoms. The van der Waals surface area contributed by atoms with E-state index in [1.165, 1.54) is 0 Å². The molecule has 1 aromatic carbocycles. The first kappa shape index (κ1) is 14.9. The molecule has 1 heterocycles. The van der Waals surface area contributed by atoms with Gasteiger partial charge in [-0.3, -0.25) is 4.79 Å². The average molecular weight is 290 g/mol. The summed E-state index contributed by atoms with van der Waals surface area (Å²) in [4.78, 5) is 17.0. The van der Waals surface area contributed by atoms with Crippen LogP contribution in [0.15, 0.2) is 36.0 Å². The Kier molecular flexibility index (Phi) is 4.81. The molecule has 1 N–H and O–H groups in total. The van der Waals surface area contributed by atoms with Gasteiger partial charge in [0.05, 0.1) is 19.9 Å². The Morgan fingerprint density at radius 1 is 1.52 bits per heavy atom. The lowest BCUT2D eigenvalue weighted by molar-refractivity contribution is -0.130. The van der Waals surface area contributed by atoms with Crippen LogP contribution in [0.2, 0.25) is 0 Å². The molecule has 0 bridgehead atoms. The molecule has 0 fully saturated rings. The Bertz CT molecular complexity index is 569. The van der Waals surface area contributed by atoms with Crippen molar-refractivity contribution in [2.45, 2.75) is 12.5 Å². The summed E-state index contributed by atoms with van der Waals surface area (Å²) in [5.41, 5.74) is 1.42. The molecule has 1 amide bonds. The topological polar surface area (TPSA) is 69.2 Å². The number of oxime groups is 1. The second-order valence-corrected chi connectivity index (χ2v) is 4.44. The summed E-state index contributed by atoms with van der Waals surface area (Å²) >= 11 is 0. The first-order chi connectivity index (χ1) is 10.2. The Morgan fingerprint density at radius 3 is 3.00 bits per heavy atom. The molecule has 0 saturated carbocycles. The van der Waals surface area contributed by atoms with Gasteiger partial charge in [0.2, 0.25) is 6.10 Å². The van der Waals surface area contributed by atoms with E-state index in [1.54, 1.807) is 32.4 Å². The first-order valence-electron chi connectivity index (χ1n) is 6.53. The third-order valence-electron chi connectivity index (χ3n) is 3.10. The van der Waals surface area contributed by atoms with Crippen LogP contribution < -0.4 is 14.8 Å². The van der Waals surface area contributed by atoms with Crippen LogP contribution in [0.5, 0.6) is 11.5 Å². The van der Waals surface area contributed by atoms with Crippen molar-refractivity contribution in [3.8, 4) is 11.5 Å². The van der Waals surface area contributed by atoms with Gasteiger partial charge in [0, 0.05) is 18.5 Å². The van der Waals surface area contributed by atoms with Crippen LogP contribution in [0.25, 0.3) is 0 Å². The maximum Gasteiger partial charge on any atom is 0.264 e. The fraction of sp³-hybridized carbons (Fsp3) is 0.333. The molecule has 0 aliphatic carbocycles. The molecule has 0 spiro atoms. The van der Waals surface area contributed by atoms with Crippen molar-refractivity contribution in [3.05, 3.63) is 36.4 Å². The normalized spacial score (nSPS) is 16.7. The van der Waals surface area contributed by atoms with Gasteiger partial charge in [-0.2, -0.15) is 0 Å². The van der Waals surface area contributed by atoms with Crippen molar-refractivity contribution in [3.63, 3.8) is 0 Å². The highest BCUT2D eigenvalue weighted by Crippen LogP contribution is 2.28. The largest absolute Gasteiger partial charge is 0.497 e. The Hall–Kier alpha value is -2.50. The number of amides is 1. The van der Waals surface area contributed by atoms with Crippen LogP contribution in [-0.2, 0) is 9.63 Å². The lowest BCUT2D eigenvalue weighted by atomic mass is 10.0. The molecule has 1 atom stereocenters. The van der Waals surface area contributed by atoms with E-state index in [4.69, 9.17) is 14.3 Å². The van der Waals surface area contributed by atoms with Gasteiger partial charge in [-0.1, -0.05) is 11.2 Å².